The van der Waals surface area contributed by atoms with Gasteiger partial charge in [0.15, 0.2) is 0 Å². The summed E-state index contributed by atoms with van der Waals surface area (Å²) in [5.41, 5.74) is 11.1. The fourth-order valence-electron chi connectivity index (χ4n) is 4.00. The highest BCUT2D eigenvalue weighted by molar-refractivity contribution is 9.10. The predicted molar refractivity (Wildman–Crippen MR) is 133 cm³/mol. The Balaban J connectivity index is 1.87. The molecule has 0 atom stereocenters. The molecule has 0 aromatic heterocycles. The summed E-state index contributed by atoms with van der Waals surface area (Å²) < 4.78 is 1.12. The Morgan fingerprint density at radius 3 is 1.57 bits per heavy atom. The SMILES string of the molecule is Cc1ccc(N(c2ccc(C)cc2)c2cccc(-c3c(C)cc(Br)cc3C)c2)cc1. The summed E-state index contributed by atoms with van der Waals surface area (Å²) in [6.45, 7) is 8.61. The Kier molecular flexibility index (Phi) is 5.78. The average molecular weight is 456 g/mol. The van der Waals surface area contributed by atoms with Crippen LogP contribution in [0.1, 0.15) is 22.3 Å². The maximum absolute atomic E-state index is 3.62. The summed E-state index contributed by atoms with van der Waals surface area (Å²) in [7, 11) is 0. The number of hydrogen-bond acceptors (Lipinski definition) is 1. The molecule has 150 valence electrons. The van der Waals surface area contributed by atoms with Crippen molar-refractivity contribution in [3.05, 3.63) is 112 Å². The first-order chi connectivity index (χ1) is 14.4. The van der Waals surface area contributed by atoms with Crippen LogP contribution in [0, 0.1) is 27.7 Å². The van der Waals surface area contributed by atoms with Crippen molar-refractivity contribution < 1.29 is 0 Å². The second-order valence-electron chi connectivity index (χ2n) is 7.97. The number of hydrogen-bond donors (Lipinski definition) is 0. The molecule has 0 aliphatic rings. The zero-order valence-electron chi connectivity index (χ0n) is 17.9. The summed E-state index contributed by atoms with van der Waals surface area (Å²) >= 11 is 3.62. The van der Waals surface area contributed by atoms with Crippen LogP contribution in [0.4, 0.5) is 17.1 Å². The minimum Gasteiger partial charge on any atom is -0.310 e. The van der Waals surface area contributed by atoms with Crippen molar-refractivity contribution in [2.45, 2.75) is 27.7 Å². The second-order valence-corrected chi connectivity index (χ2v) is 8.89. The fourth-order valence-corrected chi connectivity index (χ4v) is 4.69. The molecule has 0 heterocycles. The van der Waals surface area contributed by atoms with Gasteiger partial charge in [-0.2, -0.15) is 0 Å². The van der Waals surface area contributed by atoms with E-state index in [9.17, 15) is 0 Å². The zero-order valence-corrected chi connectivity index (χ0v) is 19.5. The second kappa shape index (κ2) is 8.49. The van der Waals surface area contributed by atoms with Crippen molar-refractivity contribution in [1.82, 2.24) is 0 Å². The molecule has 0 radical (unpaired) electrons. The molecular formula is C28H26BrN. The van der Waals surface area contributed by atoms with Gasteiger partial charge < -0.3 is 4.90 Å². The molecule has 0 aliphatic carbocycles. The number of rotatable bonds is 4. The van der Waals surface area contributed by atoms with Crippen LogP contribution >= 0.6 is 15.9 Å². The van der Waals surface area contributed by atoms with Crippen molar-refractivity contribution in [2.75, 3.05) is 4.90 Å². The molecule has 4 rings (SSSR count). The van der Waals surface area contributed by atoms with E-state index in [1.165, 1.54) is 33.4 Å². The molecule has 0 unspecified atom stereocenters. The normalized spacial score (nSPS) is 10.8. The minimum absolute atomic E-state index is 1.12. The zero-order chi connectivity index (χ0) is 21.3. The smallest absolute Gasteiger partial charge is 0.0467 e. The van der Waals surface area contributed by atoms with Crippen LogP contribution in [0.2, 0.25) is 0 Å². The van der Waals surface area contributed by atoms with Crippen molar-refractivity contribution in [1.29, 1.82) is 0 Å². The van der Waals surface area contributed by atoms with Crippen LogP contribution < -0.4 is 4.90 Å². The highest BCUT2D eigenvalue weighted by atomic mass is 79.9. The van der Waals surface area contributed by atoms with E-state index < -0.39 is 0 Å². The van der Waals surface area contributed by atoms with Crippen LogP contribution in [-0.2, 0) is 0 Å². The molecule has 0 aliphatic heterocycles. The molecule has 1 nitrogen and oxygen atoms in total. The molecule has 0 spiro atoms. The standard InChI is InChI=1S/C28H26BrN/c1-19-8-12-25(13-9-19)30(26-14-10-20(2)11-15-26)27-7-5-6-23(18-27)28-21(3)16-24(29)17-22(28)4/h5-18H,1-4H3. The molecule has 0 saturated heterocycles. The van der Waals surface area contributed by atoms with Gasteiger partial charge in [-0.25, -0.2) is 0 Å². The molecule has 30 heavy (non-hydrogen) atoms. The lowest BCUT2D eigenvalue weighted by Crippen LogP contribution is -2.10. The van der Waals surface area contributed by atoms with Gasteiger partial charge in [-0.15, -0.1) is 0 Å². The number of halogens is 1. The van der Waals surface area contributed by atoms with E-state index in [1.807, 2.05) is 0 Å². The highest BCUT2D eigenvalue weighted by Gasteiger charge is 2.14. The van der Waals surface area contributed by atoms with Crippen LogP contribution in [0.15, 0.2) is 89.4 Å². The maximum atomic E-state index is 3.62. The van der Waals surface area contributed by atoms with E-state index in [0.29, 0.717) is 0 Å². The number of benzene rings is 4. The number of aryl methyl sites for hydroxylation is 4. The molecule has 4 aromatic carbocycles. The Labute approximate surface area is 188 Å². The van der Waals surface area contributed by atoms with Crippen LogP contribution in [0.3, 0.4) is 0 Å². The molecule has 4 aromatic rings. The average Bonchev–Trinajstić information content (AvgIpc) is 2.71. The first-order valence-corrected chi connectivity index (χ1v) is 11.0. The molecule has 0 N–H and O–H groups in total. The Morgan fingerprint density at radius 2 is 1.07 bits per heavy atom. The van der Waals surface area contributed by atoms with E-state index in [2.05, 4.69) is 133 Å². The third-order valence-electron chi connectivity index (χ3n) is 5.47. The first kappa shape index (κ1) is 20.4. The van der Waals surface area contributed by atoms with E-state index >= 15 is 0 Å². The van der Waals surface area contributed by atoms with Gasteiger partial charge >= 0.3 is 0 Å². The van der Waals surface area contributed by atoms with Crippen LogP contribution in [-0.4, -0.2) is 0 Å². The Morgan fingerprint density at radius 1 is 0.567 bits per heavy atom. The Hall–Kier alpha value is -2.84. The number of anilines is 3. The molecule has 2 heteroatoms. The van der Waals surface area contributed by atoms with Gasteiger partial charge in [0.1, 0.15) is 0 Å². The van der Waals surface area contributed by atoms with E-state index in [0.717, 1.165) is 21.5 Å². The van der Waals surface area contributed by atoms with Gasteiger partial charge in [0.25, 0.3) is 0 Å². The molecule has 0 saturated carbocycles. The highest BCUT2D eigenvalue weighted by Crippen LogP contribution is 2.38. The molecule has 0 fully saturated rings. The van der Waals surface area contributed by atoms with Gasteiger partial charge in [0.2, 0.25) is 0 Å². The lowest BCUT2D eigenvalue weighted by molar-refractivity contribution is 1.26. The summed E-state index contributed by atoms with van der Waals surface area (Å²) in [5.74, 6) is 0. The summed E-state index contributed by atoms with van der Waals surface area (Å²) in [5, 5.41) is 0. The summed E-state index contributed by atoms with van der Waals surface area (Å²) in [6.07, 6.45) is 0. The van der Waals surface area contributed by atoms with Gasteiger partial charge in [0, 0.05) is 21.5 Å². The van der Waals surface area contributed by atoms with Crippen molar-refractivity contribution in [2.24, 2.45) is 0 Å². The monoisotopic (exact) mass is 455 g/mol. The van der Waals surface area contributed by atoms with Gasteiger partial charge in [-0.3, -0.25) is 0 Å². The lowest BCUT2D eigenvalue weighted by Gasteiger charge is -2.26. The maximum Gasteiger partial charge on any atom is 0.0467 e. The molecule has 0 amide bonds. The third kappa shape index (κ3) is 4.20. The summed E-state index contributed by atoms with van der Waals surface area (Å²) in [4.78, 5) is 2.33. The predicted octanol–water partition coefficient (Wildman–Crippen LogP) is 8.82. The quantitative estimate of drug-likeness (QED) is 0.297. The summed E-state index contributed by atoms with van der Waals surface area (Å²) in [6, 6.07) is 30.7. The van der Waals surface area contributed by atoms with Crippen LogP contribution in [0.5, 0.6) is 0 Å². The molecular weight excluding hydrogens is 430 g/mol. The first-order valence-electron chi connectivity index (χ1n) is 10.2. The lowest BCUT2D eigenvalue weighted by atomic mass is 9.95. The van der Waals surface area contributed by atoms with Crippen molar-refractivity contribution >= 4 is 33.0 Å². The van der Waals surface area contributed by atoms with Crippen molar-refractivity contribution in [3.8, 4) is 11.1 Å². The van der Waals surface area contributed by atoms with Gasteiger partial charge in [-0.05, 0) is 98.5 Å². The van der Waals surface area contributed by atoms with Gasteiger partial charge in [-0.1, -0.05) is 63.5 Å². The Bertz CT molecular complexity index is 1110. The molecule has 0 bridgehead atoms. The van der Waals surface area contributed by atoms with Crippen molar-refractivity contribution in [3.63, 3.8) is 0 Å². The van der Waals surface area contributed by atoms with Crippen LogP contribution in [0.25, 0.3) is 11.1 Å². The van der Waals surface area contributed by atoms with Gasteiger partial charge in [0.05, 0.1) is 0 Å². The van der Waals surface area contributed by atoms with E-state index in [4.69, 9.17) is 0 Å². The van der Waals surface area contributed by atoms with E-state index in [-0.39, 0.29) is 0 Å². The topological polar surface area (TPSA) is 3.24 Å². The number of nitrogens with zero attached hydrogens (tertiary/aromatic N) is 1. The fraction of sp³-hybridized carbons (Fsp3) is 0.143. The third-order valence-corrected chi connectivity index (χ3v) is 5.93. The largest absolute Gasteiger partial charge is 0.310 e. The minimum atomic E-state index is 1.12. The van der Waals surface area contributed by atoms with E-state index in [1.54, 1.807) is 0 Å².